The Labute approximate surface area is 120 Å². The Hall–Kier alpha value is -2.17. The van der Waals surface area contributed by atoms with Gasteiger partial charge in [0.15, 0.2) is 0 Å². The lowest BCUT2D eigenvalue weighted by atomic mass is 10.2. The molecule has 4 heteroatoms. The highest BCUT2D eigenvalue weighted by Gasteiger charge is 2.09. The molecule has 0 saturated heterocycles. The average molecular weight is 279 g/mol. The van der Waals surface area contributed by atoms with Gasteiger partial charge in [-0.1, -0.05) is 24.3 Å². The van der Waals surface area contributed by atoms with Gasteiger partial charge in [0.2, 0.25) is 0 Å². The van der Waals surface area contributed by atoms with Gasteiger partial charge < -0.3 is 10.7 Å². The van der Waals surface area contributed by atoms with Crippen LogP contribution in [0.1, 0.15) is 5.56 Å². The third-order valence-corrected chi connectivity index (χ3v) is 4.56. The molecule has 0 bridgehead atoms. The van der Waals surface area contributed by atoms with Gasteiger partial charge in [-0.25, -0.2) is 4.98 Å². The summed E-state index contributed by atoms with van der Waals surface area (Å²) in [7, 11) is 0. The summed E-state index contributed by atoms with van der Waals surface area (Å²) in [6, 6.07) is 16.7. The first kappa shape index (κ1) is 11.6. The number of nitrogens with zero attached hydrogens (tertiary/aromatic N) is 1. The molecular formula is C16H13N3S. The third kappa shape index (κ3) is 1.81. The summed E-state index contributed by atoms with van der Waals surface area (Å²) in [5, 5.41) is 1.26. The number of aromatic nitrogens is 2. The van der Waals surface area contributed by atoms with Gasteiger partial charge in [-0.05, 0) is 35.2 Å². The van der Waals surface area contributed by atoms with Crippen molar-refractivity contribution in [3.8, 4) is 10.7 Å². The number of benzene rings is 2. The van der Waals surface area contributed by atoms with Crippen LogP contribution in [0, 0.1) is 0 Å². The summed E-state index contributed by atoms with van der Waals surface area (Å²) >= 11 is 1.76. The second kappa shape index (κ2) is 4.44. The SMILES string of the molecule is NCc1ccc2nc(-c3cc4ccccc4s3)[nH]c2c1. The van der Waals surface area contributed by atoms with Crippen molar-refractivity contribution in [2.45, 2.75) is 6.54 Å². The van der Waals surface area contributed by atoms with Crippen LogP contribution in [0.5, 0.6) is 0 Å². The molecule has 0 saturated carbocycles. The first-order valence-electron chi connectivity index (χ1n) is 6.51. The van der Waals surface area contributed by atoms with E-state index in [4.69, 9.17) is 5.73 Å². The number of aromatic amines is 1. The van der Waals surface area contributed by atoms with Crippen LogP contribution in [0.25, 0.3) is 31.8 Å². The number of hydrogen-bond donors (Lipinski definition) is 2. The van der Waals surface area contributed by atoms with E-state index in [0.29, 0.717) is 6.54 Å². The molecule has 0 amide bonds. The monoisotopic (exact) mass is 279 g/mol. The van der Waals surface area contributed by atoms with E-state index < -0.39 is 0 Å². The highest BCUT2D eigenvalue weighted by Crippen LogP contribution is 2.32. The molecule has 0 aliphatic heterocycles. The molecule has 4 rings (SSSR count). The zero-order valence-electron chi connectivity index (χ0n) is 10.8. The van der Waals surface area contributed by atoms with Crippen molar-refractivity contribution in [1.82, 2.24) is 9.97 Å². The molecule has 0 aliphatic carbocycles. The topological polar surface area (TPSA) is 54.7 Å². The van der Waals surface area contributed by atoms with E-state index in [1.54, 1.807) is 11.3 Å². The van der Waals surface area contributed by atoms with Crippen molar-refractivity contribution in [3.05, 3.63) is 54.1 Å². The second-order valence-electron chi connectivity index (χ2n) is 4.79. The minimum absolute atomic E-state index is 0.549. The first-order chi connectivity index (χ1) is 9.83. The summed E-state index contributed by atoms with van der Waals surface area (Å²) in [4.78, 5) is 9.22. The third-order valence-electron chi connectivity index (χ3n) is 3.44. The molecule has 0 radical (unpaired) electrons. The summed E-state index contributed by atoms with van der Waals surface area (Å²) in [6.45, 7) is 0.549. The summed E-state index contributed by atoms with van der Waals surface area (Å²) in [5.41, 5.74) is 8.82. The van der Waals surface area contributed by atoms with Crippen LogP contribution in [0.3, 0.4) is 0 Å². The predicted octanol–water partition coefficient (Wildman–Crippen LogP) is 3.90. The molecule has 4 aromatic rings. The van der Waals surface area contributed by atoms with Crippen molar-refractivity contribution >= 4 is 32.5 Å². The van der Waals surface area contributed by atoms with Gasteiger partial charge in [0.05, 0.1) is 15.9 Å². The molecule has 3 nitrogen and oxygen atoms in total. The van der Waals surface area contributed by atoms with E-state index in [1.807, 2.05) is 12.1 Å². The minimum atomic E-state index is 0.549. The number of fused-ring (bicyclic) bond motifs is 2. The van der Waals surface area contributed by atoms with Gasteiger partial charge in [0.25, 0.3) is 0 Å². The van der Waals surface area contributed by atoms with E-state index in [1.165, 1.54) is 10.1 Å². The fourth-order valence-electron chi connectivity index (χ4n) is 2.40. The van der Waals surface area contributed by atoms with Crippen LogP contribution in [-0.4, -0.2) is 9.97 Å². The van der Waals surface area contributed by atoms with Crippen LogP contribution in [0.15, 0.2) is 48.5 Å². The number of nitrogens with one attached hydrogen (secondary N) is 1. The molecular weight excluding hydrogens is 266 g/mol. The lowest BCUT2D eigenvalue weighted by Gasteiger charge is -1.94. The predicted molar refractivity (Wildman–Crippen MR) is 84.8 cm³/mol. The number of hydrogen-bond acceptors (Lipinski definition) is 3. The zero-order chi connectivity index (χ0) is 13.5. The van der Waals surface area contributed by atoms with E-state index in [9.17, 15) is 0 Å². The maximum atomic E-state index is 5.68. The van der Waals surface area contributed by atoms with Crippen molar-refractivity contribution in [2.24, 2.45) is 5.73 Å². The molecule has 20 heavy (non-hydrogen) atoms. The maximum absolute atomic E-state index is 5.68. The fourth-order valence-corrected chi connectivity index (χ4v) is 3.41. The van der Waals surface area contributed by atoms with Crippen molar-refractivity contribution in [1.29, 1.82) is 0 Å². The van der Waals surface area contributed by atoms with Crippen molar-refractivity contribution in [3.63, 3.8) is 0 Å². The first-order valence-corrected chi connectivity index (χ1v) is 7.33. The van der Waals surface area contributed by atoms with Crippen LogP contribution >= 0.6 is 11.3 Å². The highest BCUT2D eigenvalue weighted by molar-refractivity contribution is 7.22. The van der Waals surface area contributed by atoms with Gasteiger partial charge >= 0.3 is 0 Å². The van der Waals surface area contributed by atoms with E-state index >= 15 is 0 Å². The Bertz CT molecular complexity index is 871. The summed E-state index contributed by atoms with van der Waals surface area (Å²) in [5.74, 6) is 0.926. The lowest BCUT2D eigenvalue weighted by molar-refractivity contribution is 1.07. The van der Waals surface area contributed by atoms with Crippen LogP contribution < -0.4 is 5.73 Å². The Balaban J connectivity index is 1.88. The number of thiophene rings is 1. The maximum Gasteiger partial charge on any atom is 0.148 e. The molecule has 98 valence electrons. The van der Waals surface area contributed by atoms with Crippen LogP contribution in [0.2, 0.25) is 0 Å². The molecule has 2 aromatic heterocycles. The van der Waals surface area contributed by atoms with Gasteiger partial charge in [-0.15, -0.1) is 11.3 Å². The van der Waals surface area contributed by atoms with E-state index in [2.05, 4.69) is 46.4 Å². The Kier molecular flexibility index (Phi) is 2.58. The second-order valence-corrected chi connectivity index (χ2v) is 5.87. The normalized spacial score (nSPS) is 11.4. The van der Waals surface area contributed by atoms with Crippen molar-refractivity contribution in [2.75, 3.05) is 0 Å². The van der Waals surface area contributed by atoms with E-state index in [0.717, 1.165) is 27.3 Å². The van der Waals surface area contributed by atoms with Gasteiger partial charge in [0, 0.05) is 11.2 Å². The van der Waals surface area contributed by atoms with Crippen LogP contribution in [0.4, 0.5) is 0 Å². The summed E-state index contributed by atoms with van der Waals surface area (Å²) in [6.07, 6.45) is 0. The zero-order valence-corrected chi connectivity index (χ0v) is 11.6. The summed E-state index contributed by atoms with van der Waals surface area (Å²) < 4.78 is 1.28. The molecule has 0 unspecified atom stereocenters. The number of H-pyrrole nitrogens is 1. The quantitative estimate of drug-likeness (QED) is 0.584. The smallest absolute Gasteiger partial charge is 0.148 e. The van der Waals surface area contributed by atoms with Crippen molar-refractivity contribution < 1.29 is 0 Å². The standard InChI is InChI=1S/C16H13N3S/c17-9-10-5-6-12-13(7-10)19-16(18-12)15-8-11-3-1-2-4-14(11)20-15/h1-8H,9,17H2,(H,18,19). The number of rotatable bonds is 2. The Morgan fingerprint density at radius 3 is 2.85 bits per heavy atom. The van der Waals surface area contributed by atoms with Gasteiger partial charge in [-0.3, -0.25) is 0 Å². The minimum Gasteiger partial charge on any atom is -0.337 e. The Morgan fingerprint density at radius 1 is 1.10 bits per heavy atom. The lowest BCUT2D eigenvalue weighted by Crippen LogP contribution is -1.95. The van der Waals surface area contributed by atoms with E-state index in [-0.39, 0.29) is 0 Å². The fraction of sp³-hybridized carbons (Fsp3) is 0.0625. The number of imidazole rings is 1. The number of nitrogens with two attached hydrogens (primary N) is 1. The average Bonchev–Trinajstić information content (AvgIpc) is 3.09. The molecule has 0 atom stereocenters. The molecule has 0 fully saturated rings. The van der Waals surface area contributed by atoms with Crippen LogP contribution in [-0.2, 0) is 6.54 Å². The molecule has 0 aliphatic rings. The van der Waals surface area contributed by atoms with Gasteiger partial charge in [0.1, 0.15) is 5.82 Å². The Morgan fingerprint density at radius 2 is 2.00 bits per heavy atom. The molecule has 2 aromatic carbocycles. The highest BCUT2D eigenvalue weighted by atomic mass is 32.1. The van der Waals surface area contributed by atoms with Gasteiger partial charge in [-0.2, -0.15) is 0 Å². The largest absolute Gasteiger partial charge is 0.337 e. The molecule has 2 heterocycles. The molecule has 3 N–H and O–H groups in total. The molecule has 0 spiro atoms.